The molecule has 0 spiro atoms. The summed E-state index contributed by atoms with van der Waals surface area (Å²) in [6.45, 7) is 15.4. The highest BCUT2D eigenvalue weighted by atomic mass is 35.5. The van der Waals surface area contributed by atoms with Crippen LogP contribution in [-0.4, -0.2) is 24.8 Å². The van der Waals surface area contributed by atoms with Gasteiger partial charge in [-0.15, -0.1) is 0 Å². The van der Waals surface area contributed by atoms with E-state index in [9.17, 15) is 22.0 Å². The van der Waals surface area contributed by atoms with Crippen molar-refractivity contribution in [3.63, 3.8) is 0 Å². The van der Waals surface area contributed by atoms with Crippen LogP contribution in [0.2, 0.25) is 5.02 Å². The van der Waals surface area contributed by atoms with Crippen LogP contribution in [0.15, 0.2) is 53.0 Å². The van der Waals surface area contributed by atoms with E-state index in [2.05, 4.69) is 16.6 Å². The topological polar surface area (TPSA) is 50.7 Å². The highest BCUT2D eigenvalue weighted by Gasteiger charge is 2.40. The number of rotatable bonds is 6. The Morgan fingerprint density at radius 3 is 2.15 bits per heavy atom. The van der Waals surface area contributed by atoms with Gasteiger partial charge in [0.15, 0.2) is 5.84 Å². The minimum atomic E-state index is -4.87. The molecule has 0 fully saturated rings. The van der Waals surface area contributed by atoms with Crippen LogP contribution < -0.4 is 5.73 Å². The fraction of sp³-hybridized carbons (Fsp3) is 0.379. The van der Waals surface area contributed by atoms with Crippen molar-refractivity contribution >= 4 is 35.1 Å². The molecule has 0 aliphatic carbocycles. The zero-order valence-corrected chi connectivity index (χ0v) is 23.6. The molecule has 1 heterocycles. The Balaban J connectivity index is 0.00000181. The van der Waals surface area contributed by atoms with Gasteiger partial charge in [0.05, 0.1) is 0 Å². The number of alkyl halides is 5. The highest BCUT2D eigenvalue weighted by Crippen LogP contribution is 2.41. The molecule has 0 aromatic heterocycles. The van der Waals surface area contributed by atoms with Crippen molar-refractivity contribution in [1.29, 1.82) is 0 Å². The van der Waals surface area contributed by atoms with E-state index in [0.717, 1.165) is 18.2 Å². The molecule has 0 bridgehead atoms. The molecule has 3 rings (SSSR count). The van der Waals surface area contributed by atoms with Crippen molar-refractivity contribution in [2.75, 3.05) is 6.54 Å². The molecule has 10 heteroatoms. The van der Waals surface area contributed by atoms with Crippen molar-refractivity contribution in [2.45, 2.75) is 66.1 Å². The first-order chi connectivity index (χ1) is 18.2. The summed E-state index contributed by atoms with van der Waals surface area (Å²) in [6.07, 6.45) is -2.40. The van der Waals surface area contributed by atoms with Gasteiger partial charge >= 0.3 is 12.2 Å². The van der Waals surface area contributed by atoms with Gasteiger partial charge in [0.2, 0.25) is 0 Å². The third-order valence-corrected chi connectivity index (χ3v) is 6.03. The summed E-state index contributed by atoms with van der Waals surface area (Å²) in [4.78, 5) is 8.14. The van der Waals surface area contributed by atoms with E-state index < -0.39 is 35.1 Å². The zero-order valence-electron chi connectivity index (χ0n) is 22.9. The third kappa shape index (κ3) is 8.80. The van der Waals surface area contributed by atoms with Gasteiger partial charge in [-0.3, -0.25) is 10.7 Å². The van der Waals surface area contributed by atoms with E-state index in [1.54, 1.807) is 20.1 Å². The van der Waals surface area contributed by atoms with Gasteiger partial charge in [0.25, 0.3) is 0 Å². The average Bonchev–Trinajstić information content (AvgIpc) is 2.90. The predicted molar refractivity (Wildman–Crippen MR) is 150 cm³/mol. The Labute approximate surface area is 231 Å². The summed E-state index contributed by atoms with van der Waals surface area (Å²) in [5, 5.41) is 0.101. The van der Waals surface area contributed by atoms with Gasteiger partial charge in [-0.25, -0.2) is 9.38 Å². The number of amidine groups is 1. The van der Waals surface area contributed by atoms with E-state index in [1.165, 1.54) is 6.07 Å². The molecule has 0 amide bonds. The predicted octanol–water partition coefficient (Wildman–Crippen LogP) is 9.56. The first-order valence-electron chi connectivity index (χ1n) is 12.5. The molecular formula is C29H34ClF6N3. The van der Waals surface area contributed by atoms with Crippen LogP contribution in [0.4, 0.5) is 26.3 Å². The Kier molecular flexibility index (Phi) is 12.7. The van der Waals surface area contributed by atoms with Crippen molar-refractivity contribution in [3.8, 4) is 0 Å². The molecule has 0 radical (unpaired) electrons. The second-order valence-electron chi connectivity index (χ2n) is 8.15. The van der Waals surface area contributed by atoms with Crippen molar-refractivity contribution in [2.24, 2.45) is 15.7 Å². The number of aliphatic imine (C=N–C) groups is 2. The number of hydrogen-bond acceptors (Lipinski definition) is 3. The number of benzene rings is 2. The highest BCUT2D eigenvalue weighted by molar-refractivity contribution is 6.31. The lowest BCUT2D eigenvalue weighted by molar-refractivity contribution is -0.139. The molecule has 1 atom stereocenters. The molecule has 1 aliphatic heterocycles. The summed E-state index contributed by atoms with van der Waals surface area (Å²) < 4.78 is 85.2. The van der Waals surface area contributed by atoms with Gasteiger partial charge in [-0.05, 0) is 54.3 Å². The molecule has 0 saturated carbocycles. The second kappa shape index (κ2) is 14.5. The van der Waals surface area contributed by atoms with Crippen molar-refractivity contribution in [1.82, 2.24) is 0 Å². The Morgan fingerprint density at radius 1 is 1.05 bits per heavy atom. The van der Waals surface area contributed by atoms with E-state index in [1.807, 2.05) is 27.7 Å². The van der Waals surface area contributed by atoms with E-state index >= 15 is 4.39 Å². The van der Waals surface area contributed by atoms with Gasteiger partial charge in [0, 0.05) is 40.9 Å². The molecule has 2 N–H and O–H groups in total. The van der Waals surface area contributed by atoms with Gasteiger partial charge in [-0.1, -0.05) is 64.1 Å². The summed E-state index contributed by atoms with van der Waals surface area (Å²) in [5.41, 5.74) is 4.41. The largest absolute Gasteiger partial charge is 0.399 e. The van der Waals surface area contributed by atoms with Crippen LogP contribution in [0.5, 0.6) is 0 Å². The minimum Gasteiger partial charge on any atom is -0.268 e. The summed E-state index contributed by atoms with van der Waals surface area (Å²) >= 11 is 6.04. The Hall–Kier alpha value is -2.91. The number of nitrogens with two attached hydrogens (primary N) is 1. The van der Waals surface area contributed by atoms with Crippen molar-refractivity contribution in [3.05, 3.63) is 81.4 Å². The third-order valence-electron chi connectivity index (χ3n) is 5.63. The van der Waals surface area contributed by atoms with Gasteiger partial charge in [0.1, 0.15) is 11.7 Å². The SMILES string of the molecule is C=C(C1=NCCC=N1)c1ccc(/C(F)=C/C(c2cc(C)c(C)c(Cl)c2)C(F)(F)F)cc1C(N)(F)F.CC.CC. The van der Waals surface area contributed by atoms with Crippen LogP contribution in [0.3, 0.4) is 0 Å². The number of hydrogen-bond donors (Lipinski definition) is 1. The lowest BCUT2D eigenvalue weighted by atomic mass is 9.92. The summed E-state index contributed by atoms with van der Waals surface area (Å²) in [5.74, 6) is -3.59. The average molecular weight is 574 g/mol. The van der Waals surface area contributed by atoms with Gasteiger partial charge in [-0.2, -0.15) is 22.0 Å². The van der Waals surface area contributed by atoms with Crippen LogP contribution in [0.1, 0.15) is 73.4 Å². The molecule has 1 aliphatic rings. The number of nitrogens with zero attached hydrogens (tertiary/aromatic N) is 2. The van der Waals surface area contributed by atoms with E-state index in [4.69, 9.17) is 17.3 Å². The van der Waals surface area contributed by atoms with E-state index in [0.29, 0.717) is 36.2 Å². The maximum atomic E-state index is 15.1. The maximum absolute atomic E-state index is 15.1. The number of halogens is 7. The van der Waals surface area contributed by atoms with Crippen molar-refractivity contribution < 1.29 is 26.3 Å². The summed E-state index contributed by atoms with van der Waals surface area (Å²) in [6, 6.07) is 1.35. The normalized spacial score (nSPS) is 14.4. The molecule has 2 aromatic rings. The fourth-order valence-corrected chi connectivity index (χ4v) is 3.87. The first kappa shape index (κ1) is 34.1. The first-order valence-corrected chi connectivity index (χ1v) is 12.9. The number of allylic oxidation sites excluding steroid dienone is 1. The lowest BCUT2D eigenvalue weighted by Gasteiger charge is -2.21. The molecule has 3 nitrogen and oxygen atoms in total. The lowest BCUT2D eigenvalue weighted by Crippen LogP contribution is -2.27. The summed E-state index contributed by atoms with van der Waals surface area (Å²) in [7, 11) is 0. The Bertz CT molecular complexity index is 1220. The van der Waals surface area contributed by atoms with Crippen LogP contribution in [-0.2, 0) is 6.05 Å². The molecule has 2 aromatic carbocycles. The Morgan fingerprint density at radius 2 is 1.67 bits per heavy atom. The van der Waals surface area contributed by atoms with E-state index in [-0.39, 0.29) is 27.6 Å². The molecule has 1 unspecified atom stereocenters. The quantitative estimate of drug-likeness (QED) is 0.271. The standard InChI is InChI=1S/C25H22ClF6N3.2C2H6/c1-13-9-17(11-21(26)14(13)2)19(24(28,29)30)12-22(27)16-5-6-18(20(10-16)25(31,32)33)15(3)23-34-7-4-8-35-23;2*1-2/h5-7,9-12,19H,3-4,8,33H2,1-2H3;2*1-2H3/b22-12-;;. The molecular weight excluding hydrogens is 540 g/mol. The maximum Gasteiger partial charge on any atom is 0.399 e. The fourth-order valence-electron chi connectivity index (χ4n) is 3.59. The molecule has 39 heavy (non-hydrogen) atoms. The number of aryl methyl sites for hydroxylation is 1. The second-order valence-corrected chi connectivity index (χ2v) is 8.55. The molecule has 0 saturated heterocycles. The monoisotopic (exact) mass is 573 g/mol. The van der Waals surface area contributed by atoms with Gasteiger partial charge < -0.3 is 0 Å². The molecule has 214 valence electrons. The van der Waals surface area contributed by atoms with Crippen LogP contribution in [0, 0.1) is 13.8 Å². The smallest absolute Gasteiger partial charge is 0.268 e. The zero-order chi connectivity index (χ0) is 30.1. The minimum absolute atomic E-state index is 0.0370. The van der Waals surface area contributed by atoms with Crippen LogP contribution in [0.25, 0.3) is 11.4 Å². The van der Waals surface area contributed by atoms with Crippen LogP contribution >= 0.6 is 11.6 Å².